The fraction of sp³-hybridized carbons (Fsp3) is 0.214. The number of aromatic nitrogens is 6. The maximum atomic E-state index is 13.3. The highest BCUT2D eigenvalue weighted by molar-refractivity contribution is 5.98. The van der Waals surface area contributed by atoms with Gasteiger partial charge in [-0.25, -0.2) is 9.97 Å². The number of nitrogens with two attached hydrogens (primary N) is 1. The molecule has 0 spiro atoms. The lowest BCUT2D eigenvalue weighted by atomic mass is 10.1. The maximum Gasteiger partial charge on any atom is 0.418 e. The van der Waals surface area contributed by atoms with Crippen LogP contribution >= 0.6 is 0 Å². The molecule has 1 fully saturated rings. The van der Waals surface area contributed by atoms with Crippen molar-refractivity contribution in [3.63, 3.8) is 0 Å². The van der Waals surface area contributed by atoms with Crippen molar-refractivity contribution >= 4 is 28.3 Å². The molecule has 1 aliphatic carbocycles. The third-order valence-electron chi connectivity index (χ3n) is 7.02. The molecular weight excluding hydrogens is 521 g/mol. The van der Waals surface area contributed by atoms with Gasteiger partial charge in [-0.1, -0.05) is 0 Å². The van der Waals surface area contributed by atoms with Gasteiger partial charge in [0, 0.05) is 60.0 Å². The number of amides is 1. The van der Waals surface area contributed by atoms with E-state index < -0.39 is 11.7 Å². The van der Waals surface area contributed by atoms with Crippen molar-refractivity contribution in [1.82, 2.24) is 29.7 Å². The summed E-state index contributed by atoms with van der Waals surface area (Å²) in [7, 11) is 1.84. The van der Waals surface area contributed by atoms with Crippen LogP contribution in [-0.4, -0.2) is 35.6 Å². The number of carbonyl (C=O) groups is 1. The molecule has 0 saturated heterocycles. The quantitative estimate of drug-likeness (QED) is 0.314. The summed E-state index contributed by atoms with van der Waals surface area (Å²) in [6.45, 7) is 1.32. The minimum absolute atomic E-state index is 0.0980. The summed E-state index contributed by atoms with van der Waals surface area (Å²) in [6.07, 6.45) is 4.39. The summed E-state index contributed by atoms with van der Waals surface area (Å²) in [5.74, 6) is 0.541. The van der Waals surface area contributed by atoms with Gasteiger partial charge >= 0.3 is 6.18 Å². The van der Waals surface area contributed by atoms with Gasteiger partial charge in [0.1, 0.15) is 11.6 Å². The summed E-state index contributed by atoms with van der Waals surface area (Å²) < 4.78 is 41.7. The molecule has 5 aromatic heterocycles. The van der Waals surface area contributed by atoms with Crippen LogP contribution in [0.3, 0.4) is 0 Å². The van der Waals surface area contributed by atoms with Crippen LogP contribution in [0.4, 0.5) is 24.8 Å². The van der Waals surface area contributed by atoms with Gasteiger partial charge in [-0.05, 0) is 60.5 Å². The zero-order chi connectivity index (χ0) is 28.2. The van der Waals surface area contributed by atoms with Crippen molar-refractivity contribution < 1.29 is 18.0 Å². The second-order valence-electron chi connectivity index (χ2n) is 9.86. The molecule has 40 heavy (non-hydrogen) atoms. The third kappa shape index (κ3) is 4.83. The summed E-state index contributed by atoms with van der Waals surface area (Å²) in [4.78, 5) is 29.8. The van der Waals surface area contributed by atoms with Gasteiger partial charge in [-0.15, -0.1) is 0 Å². The molecule has 1 saturated carbocycles. The van der Waals surface area contributed by atoms with E-state index in [1.807, 2.05) is 13.2 Å². The van der Waals surface area contributed by atoms with Crippen molar-refractivity contribution in [1.29, 1.82) is 0 Å². The zero-order valence-corrected chi connectivity index (χ0v) is 21.4. The number of hydrogen-bond donors (Lipinski definition) is 2. The zero-order valence-electron chi connectivity index (χ0n) is 21.4. The van der Waals surface area contributed by atoms with Crippen LogP contribution in [-0.2, 0) is 18.0 Å². The van der Waals surface area contributed by atoms with Gasteiger partial charge in [0.2, 0.25) is 5.91 Å². The number of alkyl halides is 3. The van der Waals surface area contributed by atoms with Crippen molar-refractivity contribution in [2.75, 3.05) is 11.1 Å². The Morgan fingerprint density at radius 1 is 1.02 bits per heavy atom. The lowest BCUT2D eigenvalue weighted by Gasteiger charge is -2.11. The Balaban J connectivity index is 1.23. The van der Waals surface area contributed by atoms with E-state index in [-0.39, 0.29) is 34.8 Å². The number of nitrogen functional groups attached to an aromatic ring is 1. The number of anilines is 2. The number of pyridine rings is 4. The maximum absolute atomic E-state index is 13.3. The molecule has 3 N–H and O–H groups in total. The second-order valence-corrected chi connectivity index (χ2v) is 9.86. The number of nitrogens with zero attached hydrogens (tertiary/aromatic N) is 6. The molecule has 12 heteroatoms. The van der Waals surface area contributed by atoms with Crippen LogP contribution in [0.25, 0.3) is 33.3 Å². The smallest absolute Gasteiger partial charge is 0.383 e. The van der Waals surface area contributed by atoms with E-state index in [2.05, 4.69) is 30.4 Å². The van der Waals surface area contributed by atoms with Gasteiger partial charge in [0.05, 0.1) is 23.1 Å². The normalized spacial score (nSPS) is 16.7. The van der Waals surface area contributed by atoms with Crippen molar-refractivity contribution in [2.45, 2.75) is 25.4 Å². The highest BCUT2D eigenvalue weighted by atomic mass is 19.4. The summed E-state index contributed by atoms with van der Waals surface area (Å²) >= 11 is 0. The van der Waals surface area contributed by atoms with Crippen LogP contribution in [0, 0.1) is 12.8 Å². The molecule has 0 aromatic carbocycles. The number of halogens is 3. The largest absolute Gasteiger partial charge is 0.418 e. The van der Waals surface area contributed by atoms with Gasteiger partial charge in [0.15, 0.2) is 0 Å². The van der Waals surface area contributed by atoms with E-state index in [1.165, 1.54) is 19.3 Å². The van der Waals surface area contributed by atoms with E-state index in [1.54, 1.807) is 41.3 Å². The van der Waals surface area contributed by atoms with Crippen LogP contribution in [0.15, 0.2) is 61.3 Å². The number of aryl methyl sites for hydroxylation is 2. The van der Waals surface area contributed by atoms with E-state index >= 15 is 0 Å². The molecule has 1 amide bonds. The predicted molar refractivity (Wildman–Crippen MR) is 143 cm³/mol. The van der Waals surface area contributed by atoms with Crippen LogP contribution in [0.2, 0.25) is 0 Å². The third-order valence-corrected chi connectivity index (χ3v) is 7.02. The van der Waals surface area contributed by atoms with Crippen LogP contribution in [0.5, 0.6) is 0 Å². The van der Waals surface area contributed by atoms with Crippen molar-refractivity contribution in [3.05, 3.63) is 78.1 Å². The SMILES string of the molecule is Cc1ncc(-c2ccc(-c3cc4cc(NC(=O)[C@H]5C[C@@H]5c5cnn(C)c5)ncc4c(N)n3)cn2)cc1C(F)(F)F. The Labute approximate surface area is 226 Å². The summed E-state index contributed by atoms with van der Waals surface area (Å²) in [6, 6.07) is 7.88. The Morgan fingerprint density at radius 3 is 2.52 bits per heavy atom. The fourth-order valence-corrected chi connectivity index (χ4v) is 4.77. The molecule has 5 aromatic rings. The molecular formula is C28H23F3N8O. The first-order valence-electron chi connectivity index (χ1n) is 12.4. The topological polar surface area (TPSA) is 124 Å². The van der Waals surface area contributed by atoms with E-state index in [4.69, 9.17) is 5.73 Å². The first kappa shape index (κ1) is 25.4. The van der Waals surface area contributed by atoms with Crippen molar-refractivity contribution in [2.24, 2.45) is 13.0 Å². The van der Waals surface area contributed by atoms with Crippen LogP contribution < -0.4 is 11.1 Å². The monoisotopic (exact) mass is 544 g/mol. The predicted octanol–water partition coefficient (Wildman–Crippen LogP) is 5.14. The van der Waals surface area contributed by atoms with Gasteiger partial charge < -0.3 is 11.1 Å². The fourth-order valence-electron chi connectivity index (χ4n) is 4.77. The molecule has 0 bridgehead atoms. The Bertz CT molecular complexity index is 1760. The second kappa shape index (κ2) is 9.40. The summed E-state index contributed by atoms with van der Waals surface area (Å²) in [5, 5.41) is 8.40. The van der Waals surface area contributed by atoms with Gasteiger partial charge in [-0.2, -0.15) is 18.3 Å². The highest BCUT2D eigenvalue weighted by Crippen LogP contribution is 2.47. The molecule has 2 atom stereocenters. The molecule has 1 aliphatic rings. The molecule has 5 heterocycles. The first-order valence-corrected chi connectivity index (χ1v) is 12.4. The summed E-state index contributed by atoms with van der Waals surface area (Å²) in [5.41, 5.74) is 8.07. The van der Waals surface area contributed by atoms with Gasteiger partial charge in [0.25, 0.3) is 0 Å². The van der Waals surface area contributed by atoms with Gasteiger partial charge in [-0.3, -0.25) is 19.4 Å². The average Bonchev–Trinajstić information content (AvgIpc) is 3.61. The van der Waals surface area contributed by atoms with E-state index in [0.29, 0.717) is 33.5 Å². The van der Waals surface area contributed by atoms with E-state index in [9.17, 15) is 18.0 Å². The lowest BCUT2D eigenvalue weighted by molar-refractivity contribution is -0.138. The minimum atomic E-state index is -4.51. The van der Waals surface area contributed by atoms with Crippen molar-refractivity contribution in [3.8, 4) is 22.5 Å². The molecule has 0 aliphatic heterocycles. The van der Waals surface area contributed by atoms with E-state index in [0.717, 1.165) is 18.1 Å². The Hall–Kier alpha value is -4.87. The first-order chi connectivity index (χ1) is 19.1. The Kier molecular flexibility index (Phi) is 5.97. The minimum Gasteiger partial charge on any atom is -0.383 e. The molecule has 0 unspecified atom stereocenters. The molecule has 6 rings (SSSR count). The standard InChI is InChI=1S/C28H23F3N8O/c1-14-22(28(29,30)31)5-17(10-33-14)23-4-3-15(9-34-23)24-6-16-7-25(35-12-21(16)26(32)37-24)38-27(40)20-8-19(20)18-11-36-39(2)13-18/h3-7,9-13,19-20H,8H2,1-2H3,(H2,32,37)(H,35,38,40)/t19-,20+/m1/s1. The Morgan fingerprint density at radius 2 is 1.82 bits per heavy atom. The number of hydrogen-bond acceptors (Lipinski definition) is 7. The highest BCUT2D eigenvalue weighted by Gasteiger charge is 2.44. The average molecular weight is 545 g/mol. The molecule has 0 radical (unpaired) electrons. The lowest BCUT2D eigenvalue weighted by Crippen LogP contribution is -2.15. The number of carbonyl (C=O) groups excluding carboxylic acids is 1. The number of rotatable bonds is 5. The number of fused-ring (bicyclic) bond motifs is 1. The van der Waals surface area contributed by atoms with Crippen LogP contribution in [0.1, 0.15) is 29.2 Å². The molecule has 9 nitrogen and oxygen atoms in total. The number of nitrogens with one attached hydrogen (secondary N) is 1. The molecule has 202 valence electrons.